The van der Waals surface area contributed by atoms with Crippen LogP contribution in [-0.4, -0.2) is 33.7 Å². The molecule has 8 heteroatoms. The van der Waals surface area contributed by atoms with Crippen molar-refractivity contribution < 1.29 is 18.9 Å². The van der Waals surface area contributed by atoms with E-state index < -0.39 is 22.7 Å². The van der Waals surface area contributed by atoms with Crippen molar-refractivity contribution in [2.45, 2.75) is 51.7 Å². The summed E-state index contributed by atoms with van der Waals surface area (Å²) in [6.07, 6.45) is 0.606. The summed E-state index contributed by atoms with van der Waals surface area (Å²) in [7, 11) is 0. The zero-order chi connectivity index (χ0) is 26.1. The maximum atomic E-state index is 14.6. The first-order valence-corrected chi connectivity index (χ1v) is 11.9. The minimum absolute atomic E-state index is 0.128. The predicted octanol–water partition coefficient (Wildman–Crippen LogP) is 4.83. The summed E-state index contributed by atoms with van der Waals surface area (Å²) >= 11 is 0. The first kappa shape index (κ1) is 26.5. The van der Waals surface area contributed by atoms with E-state index in [2.05, 4.69) is 5.32 Å². The largest absolute Gasteiger partial charge is 0.352 e. The molecule has 0 fully saturated rings. The van der Waals surface area contributed by atoms with E-state index in [1.807, 2.05) is 44.2 Å². The molecule has 0 aliphatic rings. The molecule has 0 saturated carbocycles. The molecule has 0 aromatic heterocycles. The van der Waals surface area contributed by atoms with Crippen LogP contribution in [0.25, 0.3) is 0 Å². The number of hydrogen-bond acceptors (Lipinski definition) is 4. The summed E-state index contributed by atoms with van der Waals surface area (Å²) in [5.41, 5.74) is 1.13. The van der Waals surface area contributed by atoms with Gasteiger partial charge >= 0.3 is 0 Å². The van der Waals surface area contributed by atoms with E-state index in [0.717, 1.165) is 5.56 Å². The molecule has 0 aliphatic carbocycles. The molecular formula is C28H30FN3O4. The summed E-state index contributed by atoms with van der Waals surface area (Å²) in [6, 6.07) is 20.3. The highest BCUT2D eigenvalue weighted by Crippen LogP contribution is 2.22. The van der Waals surface area contributed by atoms with Crippen LogP contribution in [-0.2, 0) is 29.0 Å². The fourth-order valence-corrected chi connectivity index (χ4v) is 3.91. The fraction of sp³-hybridized carbons (Fsp3) is 0.286. The van der Waals surface area contributed by atoms with Crippen molar-refractivity contribution in [3.05, 3.63) is 111 Å². The Morgan fingerprint density at radius 1 is 0.972 bits per heavy atom. The number of nitrogens with one attached hydrogen (secondary N) is 1. The number of halogens is 1. The molecular weight excluding hydrogens is 461 g/mol. The van der Waals surface area contributed by atoms with Gasteiger partial charge in [0, 0.05) is 36.2 Å². The number of carbonyl (C=O) groups is 2. The summed E-state index contributed by atoms with van der Waals surface area (Å²) in [4.78, 5) is 39.5. The van der Waals surface area contributed by atoms with E-state index in [0.29, 0.717) is 6.42 Å². The van der Waals surface area contributed by atoms with Crippen LogP contribution in [0.15, 0.2) is 78.9 Å². The predicted molar refractivity (Wildman–Crippen MR) is 136 cm³/mol. The van der Waals surface area contributed by atoms with Crippen molar-refractivity contribution >= 4 is 17.5 Å². The third kappa shape index (κ3) is 6.97. The Balaban J connectivity index is 2.03. The zero-order valence-electron chi connectivity index (χ0n) is 20.4. The lowest BCUT2D eigenvalue weighted by molar-refractivity contribution is -0.385. The Morgan fingerprint density at radius 3 is 2.22 bits per heavy atom. The van der Waals surface area contributed by atoms with Gasteiger partial charge in [-0.3, -0.25) is 19.7 Å². The van der Waals surface area contributed by atoms with Gasteiger partial charge in [0.1, 0.15) is 11.9 Å². The van der Waals surface area contributed by atoms with Crippen LogP contribution in [0.2, 0.25) is 0 Å². The van der Waals surface area contributed by atoms with Gasteiger partial charge in [0.2, 0.25) is 11.8 Å². The number of nitrogens with zero attached hydrogens (tertiary/aromatic N) is 2. The van der Waals surface area contributed by atoms with Crippen LogP contribution in [0.3, 0.4) is 0 Å². The highest BCUT2D eigenvalue weighted by Gasteiger charge is 2.32. The highest BCUT2D eigenvalue weighted by molar-refractivity contribution is 5.89. The number of carbonyl (C=O) groups excluding carboxylic acids is 2. The standard InChI is InChI=1S/C28H30FN3O4/c1-3-20(2)30-28(34)26(17-21-11-5-4-6-12-21)31(19-23-14-7-9-15-24(23)29)27(33)18-22-13-8-10-16-25(22)32(35)36/h4-16,20,26H,3,17-19H2,1-2H3,(H,30,34). The van der Waals surface area contributed by atoms with Crippen molar-refractivity contribution in [3.63, 3.8) is 0 Å². The van der Waals surface area contributed by atoms with Crippen molar-refractivity contribution in [3.8, 4) is 0 Å². The Bertz CT molecular complexity index is 1200. The number of nitro benzene ring substituents is 1. The molecule has 3 aromatic rings. The van der Waals surface area contributed by atoms with Gasteiger partial charge in [-0.15, -0.1) is 0 Å². The minimum atomic E-state index is -0.948. The van der Waals surface area contributed by atoms with Gasteiger partial charge in [0.05, 0.1) is 11.3 Å². The first-order valence-electron chi connectivity index (χ1n) is 11.9. The maximum absolute atomic E-state index is 14.6. The second-order valence-electron chi connectivity index (χ2n) is 8.70. The molecule has 2 atom stereocenters. The van der Waals surface area contributed by atoms with E-state index in [1.165, 1.54) is 29.2 Å². The van der Waals surface area contributed by atoms with Gasteiger partial charge in [-0.25, -0.2) is 4.39 Å². The van der Waals surface area contributed by atoms with Gasteiger partial charge in [-0.2, -0.15) is 0 Å². The summed E-state index contributed by atoms with van der Waals surface area (Å²) in [6.45, 7) is 3.65. The first-order chi connectivity index (χ1) is 17.3. The fourth-order valence-electron chi connectivity index (χ4n) is 3.91. The molecule has 0 radical (unpaired) electrons. The Hall–Kier alpha value is -4.07. The molecule has 0 spiro atoms. The minimum Gasteiger partial charge on any atom is -0.352 e. The lowest BCUT2D eigenvalue weighted by Gasteiger charge is -2.32. The average Bonchev–Trinajstić information content (AvgIpc) is 2.87. The maximum Gasteiger partial charge on any atom is 0.273 e. The third-order valence-electron chi connectivity index (χ3n) is 6.10. The second kappa shape index (κ2) is 12.6. The number of para-hydroxylation sites is 1. The number of amides is 2. The Kier molecular flexibility index (Phi) is 9.27. The molecule has 0 aliphatic heterocycles. The van der Waals surface area contributed by atoms with Crippen molar-refractivity contribution in [1.29, 1.82) is 0 Å². The van der Waals surface area contributed by atoms with E-state index in [4.69, 9.17) is 0 Å². The summed E-state index contributed by atoms with van der Waals surface area (Å²) in [5, 5.41) is 14.5. The number of rotatable bonds is 11. The number of hydrogen-bond donors (Lipinski definition) is 1. The molecule has 0 saturated heterocycles. The molecule has 0 bridgehead atoms. The molecule has 188 valence electrons. The van der Waals surface area contributed by atoms with Crippen molar-refractivity contribution in [1.82, 2.24) is 10.2 Å². The molecule has 7 nitrogen and oxygen atoms in total. The third-order valence-corrected chi connectivity index (χ3v) is 6.10. The normalized spacial score (nSPS) is 12.4. The van der Waals surface area contributed by atoms with E-state index in [-0.39, 0.29) is 48.1 Å². The second-order valence-corrected chi connectivity index (χ2v) is 8.70. The van der Waals surface area contributed by atoms with Crippen LogP contribution in [0.4, 0.5) is 10.1 Å². The Morgan fingerprint density at radius 2 is 1.58 bits per heavy atom. The summed E-state index contributed by atoms with van der Waals surface area (Å²) in [5.74, 6) is -1.37. The lowest BCUT2D eigenvalue weighted by Crippen LogP contribution is -2.52. The molecule has 1 N–H and O–H groups in total. The molecule has 2 unspecified atom stereocenters. The zero-order valence-corrected chi connectivity index (χ0v) is 20.4. The van der Waals surface area contributed by atoms with Gasteiger partial charge < -0.3 is 10.2 Å². The van der Waals surface area contributed by atoms with Gasteiger partial charge in [0.25, 0.3) is 5.69 Å². The van der Waals surface area contributed by atoms with E-state index >= 15 is 0 Å². The molecule has 0 heterocycles. The quantitative estimate of drug-likeness (QED) is 0.307. The highest BCUT2D eigenvalue weighted by atomic mass is 19.1. The van der Waals surface area contributed by atoms with Crippen LogP contribution in [0, 0.1) is 15.9 Å². The van der Waals surface area contributed by atoms with Crippen LogP contribution in [0.1, 0.15) is 37.0 Å². The van der Waals surface area contributed by atoms with Crippen molar-refractivity contribution in [2.24, 2.45) is 0 Å². The van der Waals surface area contributed by atoms with Crippen LogP contribution in [0.5, 0.6) is 0 Å². The smallest absolute Gasteiger partial charge is 0.273 e. The number of benzene rings is 3. The van der Waals surface area contributed by atoms with E-state index in [1.54, 1.807) is 24.3 Å². The SMILES string of the molecule is CCC(C)NC(=O)C(Cc1ccccc1)N(Cc1ccccc1F)C(=O)Cc1ccccc1[N+](=O)[O-]. The topological polar surface area (TPSA) is 92.6 Å². The number of nitro groups is 1. The van der Waals surface area contributed by atoms with Crippen LogP contribution < -0.4 is 5.32 Å². The Labute approximate surface area is 210 Å². The van der Waals surface area contributed by atoms with Gasteiger partial charge in [0.15, 0.2) is 0 Å². The van der Waals surface area contributed by atoms with Gasteiger partial charge in [-0.05, 0) is 25.0 Å². The monoisotopic (exact) mass is 491 g/mol. The lowest BCUT2D eigenvalue weighted by atomic mass is 10.0. The average molecular weight is 492 g/mol. The van der Waals surface area contributed by atoms with E-state index in [9.17, 15) is 24.1 Å². The van der Waals surface area contributed by atoms with Gasteiger partial charge in [-0.1, -0.05) is 73.7 Å². The summed E-state index contributed by atoms with van der Waals surface area (Å²) < 4.78 is 14.6. The molecule has 2 amide bonds. The molecule has 3 rings (SSSR count). The molecule has 36 heavy (non-hydrogen) atoms. The van der Waals surface area contributed by atoms with Crippen molar-refractivity contribution in [2.75, 3.05) is 0 Å². The van der Waals surface area contributed by atoms with Crippen LogP contribution >= 0.6 is 0 Å². The molecule has 3 aromatic carbocycles.